The van der Waals surface area contributed by atoms with E-state index >= 15 is 0 Å². The van der Waals surface area contributed by atoms with Gasteiger partial charge in [-0.1, -0.05) is 6.92 Å². The number of nitrogens with zero attached hydrogens (tertiary/aromatic N) is 4. The molecule has 3 amide bonds. The van der Waals surface area contributed by atoms with Gasteiger partial charge in [0.05, 0.1) is 186 Å². The predicted molar refractivity (Wildman–Crippen MR) is 275 cm³/mol. The van der Waals surface area contributed by atoms with Gasteiger partial charge in [-0.15, -0.1) is 0 Å². The average Bonchev–Trinajstić information content (AvgIpc) is 3.65. The van der Waals surface area contributed by atoms with Gasteiger partial charge in [-0.05, 0) is 37.6 Å². The first-order chi connectivity index (χ1) is 38.4. The van der Waals surface area contributed by atoms with E-state index in [1.54, 1.807) is 31.2 Å². The van der Waals surface area contributed by atoms with Crippen LogP contribution in [-0.4, -0.2) is 190 Å². The minimum Gasteiger partial charge on any atom is -0.420 e. The molecule has 3 heterocycles. The second-order valence-electron chi connectivity index (χ2n) is 16.6. The molecule has 23 nitrogen and oxygen atoms in total. The molecule has 0 radical (unpaired) electrons. The van der Waals surface area contributed by atoms with Crippen molar-refractivity contribution in [2.24, 2.45) is 10.7 Å². The summed E-state index contributed by atoms with van der Waals surface area (Å²) in [4.78, 5) is 68.9. The highest BCUT2D eigenvalue weighted by Gasteiger charge is 2.25. The van der Waals surface area contributed by atoms with E-state index in [9.17, 15) is 36.7 Å². The molecular formula is C52H71F4N7O16. The molecule has 4 N–H and O–H groups in total. The van der Waals surface area contributed by atoms with Crippen molar-refractivity contribution in [1.82, 2.24) is 20.3 Å². The van der Waals surface area contributed by atoms with E-state index in [1.165, 1.54) is 17.5 Å². The SMILES string of the molecule is CCCN(OCC)C(=O)C1=Cc2ncc(C(=O)Nc3ccc(CNC(=O)CCOCCOCCOCCOCCOCCOCCOCCOCCOCCOCCC(=O)Oc4c(F)c(F)cc(F)c4F)nc3)cc2N=C(N)C1. The summed E-state index contributed by atoms with van der Waals surface area (Å²) in [6.07, 6.45) is 5.04. The number of halogens is 4. The maximum Gasteiger partial charge on any atom is 0.313 e. The molecule has 0 unspecified atom stereocenters. The van der Waals surface area contributed by atoms with Crippen LogP contribution in [-0.2, 0) is 73.1 Å². The van der Waals surface area contributed by atoms with Crippen LogP contribution in [0.15, 0.2) is 47.2 Å². The molecule has 0 saturated heterocycles. The third-order valence-corrected chi connectivity index (χ3v) is 10.4. The first-order valence-corrected chi connectivity index (χ1v) is 25.7. The normalized spacial score (nSPS) is 12.1. The Balaban J connectivity index is 0.858. The van der Waals surface area contributed by atoms with Crippen molar-refractivity contribution in [2.45, 2.75) is 46.1 Å². The highest BCUT2D eigenvalue weighted by Crippen LogP contribution is 2.28. The van der Waals surface area contributed by atoms with Crippen molar-refractivity contribution in [1.29, 1.82) is 0 Å². The number of ether oxygens (including phenoxy) is 11. The third-order valence-electron chi connectivity index (χ3n) is 10.4. The number of anilines is 1. The number of nitrogens with one attached hydrogen (secondary N) is 2. The zero-order valence-corrected chi connectivity index (χ0v) is 44.5. The smallest absolute Gasteiger partial charge is 0.313 e. The van der Waals surface area contributed by atoms with E-state index < -0.39 is 47.3 Å². The number of benzene rings is 1. The summed E-state index contributed by atoms with van der Waals surface area (Å²) in [6.45, 7) is 11.0. The van der Waals surface area contributed by atoms with E-state index in [2.05, 4.69) is 30.3 Å². The fourth-order valence-corrected chi connectivity index (χ4v) is 6.57. The molecule has 2 aromatic heterocycles. The van der Waals surface area contributed by atoms with E-state index in [4.69, 9.17) is 57.9 Å². The quantitative estimate of drug-likeness (QED) is 0.0177. The van der Waals surface area contributed by atoms with Crippen LogP contribution in [0.5, 0.6) is 5.75 Å². The van der Waals surface area contributed by atoms with E-state index in [0.29, 0.717) is 147 Å². The second-order valence-corrected chi connectivity index (χ2v) is 16.6. The molecule has 4 rings (SSSR count). The summed E-state index contributed by atoms with van der Waals surface area (Å²) in [7, 11) is 0. The largest absolute Gasteiger partial charge is 0.420 e. The highest BCUT2D eigenvalue weighted by atomic mass is 19.2. The molecule has 27 heteroatoms. The summed E-state index contributed by atoms with van der Waals surface area (Å²) >= 11 is 0. The molecule has 0 saturated carbocycles. The molecule has 0 aliphatic carbocycles. The lowest BCUT2D eigenvalue weighted by Gasteiger charge is -2.21. The summed E-state index contributed by atoms with van der Waals surface area (Å²) in [6, 6.07) is 4.92. The number of hydrogen-bond donors (Lipinski definition) is 3. The summed E-state index contributed by atoms with van der Waals surface area (Å²) in [5.74, 6) is -10.3. The number of amides is 3. The van der Waals surface area contributed by atoms with Crippen LogP contribution in [0.3, 0.4) is 0 Å². The summed E-state index contributed by atoms with van der Waals surface area (Å²) in [5, 5.41) is 6.88. The van der Waals surface area contributed by atoms with Gasteiger partial charge in [-0.25, -0.2) is 18.8 Å². The molecule has 0 fully saturated rings. The fraction of sp³-hybridized carbons (Fsp3) is 0.558. The van der Waals surface area contributed by atoms with Crippen LogP contribution in [0.25, 0.3) is 6.08 Å². The summed E-state index contributed by atoms with van der Waals surface area (Å²) < 4.78 is 112. The standard InChI is InChI=1S/C52H71F4N7O16/c1-3-9-63(78-4-2)52(67)37-30-43-44(62-45(57)32-37)31-38(34-59-43)51(66)61-40-6-5-39(58-36-40)35-60-46(64)7-10-68-12-14-70-16-18-72-20-22-74-24-26-76-28-29-77-27-25-75-23-21-73-19-17-71-15-13-69-11-8-47(65)79-50-48(55)41(53)33-42(54)49(50)56/h5-6,30-31,33-34,36H,3-4,7-29,32,35H2,1-2H3,(H2,57,62)(H,60,64)(H,61,66). The second kappa shape index (κ2) is 39.3. The van der Waals surface area contributed by atoms with Gasteiger partial charge < -0.3 is 68.5 Å². The van der Waals surface area contributed by atoms with Crippen molar-refractivity contribution in [3.63, 3.8) is 0 Å². The molecule has 0 spiro atoms. The number of hydroxylamine groups is 2. The zero-order chi connectivity index (χ0) is 56.9. The third kappa shape index (κ3) is 26.6. The van der Waals surface area contributed by atoms with Gasteiger partial charge in [0, 0.05) is 37.2 Å². The number of pyridine rings is 2. The topological polar surface area (TPSA) is 270 Å². The van der Waals surface area contributed by atoms with Crippen molar-refractivity contribution >= 4 is 47.0 Å². The van der Waals surface area contributed by atoms with E-state index in [1.807, 2.05) is 6.92 Å². The Morgan fingerprint density at radius 3 is 1.59 bits per heavy atom. The van der Waals surface area contributed by atoms with Crippen LogP contribution in [0, 0.1) is 23.3 Å². The molecule has 438 valence electrons. The Morgan fingerprint density at radius 1 is 0.633 bits per heavy atom. The van der Waals surface area contributed by atoms with Gasteiger partial charge in [0.25, 0.3) is 11.8 Å². The Labute approximate surface area is 455 Å². The van der Waals surface area contributed by atoms with Gasteiger partial charge in [0.2, 0.25) is 23.3 Å². The number of nitrogens with two attached hydrogens (primary N) is 1. The van der Waals surface area contributed by atoms with Crippen molar-refractivity contribution < 1.29 is 93.7 Å². The maximum atomic E-state index is 13.6. The van der Waals surface area contributed by atoms with Crippen LogP contribution in [0.4, 0.5) is 28.9 Å². The lowest BCUT2D eigenvalue weighted by atomic mass is 10.1. The molecule has 1 aromatic carbocycles. The van der Waals surface area contributed by atoms with Crippen molar-refractivity contribution in [3.8, 4) is 5.75 Å². The van der Waals surface area contributed by atoms with Crippen molar-refractivity contribution in [2.75, 3.05) is 151 Å². The van der Waals surface area contributed by atoms with E-state index in [0.717, 1.165) is 0 Å². The first kappa shape index (κ1) is 65.4. The molecule has 1 aliphatic rings. The van der Waals surface area contributed by atoms with Crippen LogP contribution in [0.1, 0.15) is 61.3 Å². The van der Waals surface area contributed by atoms with Crippen molar-refractivity contribution in [3.05, 3.63) is 82.5 Å². The van der Waals surface area contributed by atoms with Gasteiger partial charge in [-0.2, -0.15) is 8.78 Å². The molecule has 3 aromatic rings. The Morgan fingerprint density at radius 2 is 1.13 bits per heavy atom. The number of hydrogen-bond acceptors (Lipinski definition) is 20. The monoisotopic (exact) mass is 1130 g/mol. The van der Waals surface area contributed by atoms with Gasteiger partial charge in [-0.3, -0.25) is 34.0 Å². The number of rotatable bonds is 43. The minimum atomic E-state index is -1.80. The lowest BCUT2D eigenvalue weighted by Crippen LogP contribution is -2.34. The molecule has 79 heavy (non-hydrogen) atoms. The van der Waals surface area contributed by atoms with Gasteiger partial charge in [0.1, 0.15) is 5.84 Å². The molecule has 1 aliphatic heterocycles. The van der Waals surface area contributed by atoms with Crippen LogP contribution in [0.2, 0.25) is 0 Å². The number of carbonyl (C=O) groups excluding carboxylic acids is 4. The lowest BCUT2D eigenvalue weighted by molar-refractivity contribution is -0.180. The Bertz CT molecular complexity index is 2340. The Hall–Kier alpha value is -6.11. The van der Waals surface area contributed by atoms with Gasteiger partial charge in [0.15, 0.2) is 11.6 Å². The number of esters is 1. The summed E-state index contributed by atoms with van der Waals surface area (Å²) in [5.41, 5.74) is 8.52. The molecular weight excluding hydrogens is 1050 g/mol. The maximum absolute atomic E-state index is 13.6. The number of carbonyl (C=O) groups is 4. The van der Waals surface area contributed by atoms with Crippen LogP contribution >= 0.6 is 0 Å². The number of amidine groups is 1. The Kier molecular flexibility index (Phi) is 32.5. The predicted octanol–water partition coefficient (Wildman–Crippen LogP) is 4.42. The number of fused-ring (bicyclic) bond motifs is 1. The molecule has 0 bridgehead atoms. The number of aromatic nitrogens is 2. The first-order valence-electron chi connectivity index (χ1n) is 25.7. The minimum absolute atomic E-state index is 0.0117. The number of aliphatic imine (C=N–C) groups is 1. The van der Waals surface area contributed by atoms with E-state index in [-0.39, 0.29) is 81.7 Å². The molecule has 0 atom stereocenters. The highest BCUT2D eigenvalue weighted by molar-refractivity contribution is 6.07. The average molecular weight is 1130 g/mol. The zero-order valence-electron chi connectivity index (χ0n) is 44.5. The fourth-order valence-electron chi connectivity index (χ4n) is 6.57. The van der Waals surface area contributed by atoms with Crippen LogP contribution < -0.4 is 21.1 Å². The van der Waals surface area contributed by atoms with Gasteiger partial charge >= 0.3 is 5.97 Å².